The van der Waals surface area contributed by atoms with Gasteiger partial charge in [0.15, 0.2) is 0 Å². The third-order valence-electron chi connectivity index (χ3n) is 4.75. The first-order valence-corrected chi connectivity index (χ1v) is 7.94. The summed E-state index contributed by atoms with van der Waals surface area (Å²) < 4.78 is 13.3. The zero-order chi connectivity index (χ0) is 14.8. The lowest BCUT2D eigenvalue weighted by atomic mass is 10.0. The number of nitrogens with zero attached hydrogens (tertiary/aromatic N) is 2. The molecule has 1 amide bonds. The molecule has 0 bridgehead atoms. The Kier molecular flexibility index (Phi) is 4.24. The highest BCUT2D eigenvalue weighted by Crippen LogP contribution is 2.22. The number of rotatable bonds is 2. The lowest BCUT2D eigenvalue weighted by Gasteiger charge is -2.37. The van der Waals surface area contributed by atoms with Gasteiger partial charge in [-0.1, -0.05) is 0 Å². The molecule has 1 unspecified atom stereocenters. The van der Waals surface area contributed by atoms with Crippen molar-refractivity contribution < 1.29 is 9.18 Å². The van der Waals surface area contributed by atoms with Gasteiger partial charge in [-0.25, -0.2) is 4.39 Å². The number of carbonyl (C=O) groups is 1. The van der Waals surface area contributed by atoms with Crippen LogP contribution in [0.5, 0.6) is 0 Å². The van der Waals surface area contributed by atoms with Gasteiger partial charge in [0.05, 0.1) is 0 Å². The molecule has 114 valence electrons. The van der Waals surface area contributed by atoms with Gasteiger partial charge in [0.2, 0.25) is 0 Å². The Labute approximate surface area is 125 Å². The smallest absolute Gasteiger partial charge is 0.253 e. The first-order chi connectivity index (χ1) is 10.1. The van der Waals surface area contributed by atoms with E-state index in [1.807, 2.05) is 4.90 Å². The second-order valence-electron chi connectivity index (χ2n) is 6.25. The van der Waals surface area contributed by atoms with E-state index in [-0.39, 0.29) is 11.7 Å². The van der Waals surface area contributed by atoms with Crippen molar-refractivity contribution in [1.29, 1.82) is 0 Å². The van der Waals surface area contributed by atoms with Crippen molar-refractivity contribution in [3.8, 4) is 0 Å². The standard InChI is InChI=1S/C17H23FN2O/c1-13-11-14(6-7-16(13)18)17(21)20-10-4-5-15(12-20)19-8-2-3-9-19/h6-7,11,15H,2-5,8-10,12H2,1H3. The molecule has 2 aliphatic rings. The van der Waals surface area contributed by atoms with Gasteiger partial charge in [-0.3, -0.25) is 9.69 Å². The highest BCUT2D eigenvalue weighted by molar-refractivity contribution is 5.94. The van der Waals surface area contributed by atoms with Crippen LogP contribution in [0.3, 0.4) is 0 Å². The molecule has 3 rings (SSSR count). The molecule has 2 saturated heterocycles. The van der Waals surface area contributed by atoms with Crippen LogP contribution in [0.2, 0.25) is 0 Å². The van der Waals surface area contributed by atoms with E-state index in [4.69, 9.17) is 0 Å². The first-order valence-electron chi connectivity index (χ1n) is 7.94. The van der Waals surface area contributed by atoms with Gasteiger partial charge in [0.1, 0.15) is 5.82 Å². The molecule has 0 spiro atoms. The minimum atomic E-state index is -0.250. The number of aryl methyl sites for hydroxylation is 1. The summed E-state index contributed by atoms with van der Waals surface area (Å²) in [4.78, 5) is 17.1. The van der Waals surface area contributed by atoms with Crippen LogP contribution in [0.4, 0.5) is 4.39 Å². The molecule has 0 aliphatic carbocycles. The Morgan fingerprint density at radius 3 is 2.67 bits per heavy atom. The fourth-order valence-electron chi connectivity index (χ4n) is 3.50. The van der Waals surface area contributed by atoms with Gasteiger partial charge in [0, 0.05) is 24.7 Å². The number of hydrogen-bond donors (Lipinski definition) is 0. The molecule has 0 N–H and O–H groups in total. The third kappa shape index (κ3) is 3.10. The topological polar surface area (TPSA) is 23.6 Å². The summed E-state index contributed by atoms with van der Waals surface area (Å²) in [6, 6.07) is 5.16. The molecule has 1 aromatic rings. The van der Waals surface area contributed by atoms with Crippen LogP contribution in [0.25, 0.3) is 0 Å². The maximum absolute atomic E-state index is 13.3. The van der Waals surface area contributed by atoms with E-state index >= 15 is 0 Å². The second-order valence-corrected chi connectivity index (χ2v) is 6.25. The van der Waals surface area contributed by atoms with Crippen molar-refractivity contribution >= 4 is 5.91 Å². The fourth-order valence-corrected chi connectivity index (χ4v) is 3.50. The number of carbonyl (C=O) groups excluding carboxylic acids is 1. The van der Waals surface area contributed by atoms with E-state index in [0.29, 0.717) is 17.2 Å². The Hall–Kier alpha value is -1.42. The summed E-state index contributed by atoms with van der Waals surface area (Å²) in [7, 11) is 0. The van der Waals surface area contributed by atoms with E-state index in [2.05, 4.69) is 4.90 Å². The van der Waals surface area contributed by atoms with E-state index < -0.39 is 0 Å². The number of halogens is 1. The summed E-state index contributed by atoms with van der Waals surface area (Å²) in [5.74, 6) is -0.206. The Bertz CT molecular complexity index is 526. The largest absolute Gasteiger partial charge is 0.337 e. The van der Waals surface area contributed by atoms with E-state index in [0.717, 1.165) is 19.5 Å². The number of benzene rings is 1. The lowest BCUT2D eigenvalue weighted by molar-refractivity contribution is 0.0608. The number of amides is 1. The first kappa shape index (κ1) is 14.5. The molecule has 4 heteroatoms. The van der Waals surface area contributed by atoms with E-state index in [1.54, 1.807) is 19.1 Å². The normalized spacial score (nSPS) is 23.5. The zero-order valence-corrected chi connectivity index (χ0v) is 12.6. The highest BCUT2D eigenvalue weighted by atomic mass is 19.1. The quantitative estimate of drug-likeness (QED) is 0.836. The minimum Gasteiger partial charge on any atom is -0.337 e. The molecule has 0 saturated carbocycles. The van der Waals surface area contributed by atoms with Crippen LogP contribution < -0.4 is 0 Å². The predicted molar refractivity (Wildman–Crippen MR) is 80.9 cm³/mol. The average molecular weight is 290 g/mol. The molecular weight excluding hydrogens is 267 g/mol. The maximum atomic E-state index is 13.3. The molecule has 0 aromatic heterocycles. The SMILES string of the molecule is Cc1cc(C(=O)N2CCCC(N3CCCC3)C2)ccc1F. The lowest BCUT2D eigenvalue weighted by Crippen LogP contribution is -2.49. The van der Waals surface area contributed by atoms with Crippen LogP contribution in [0, 0.1) is 12.7 Å². The summed E-state index contributed by atoms with van der Waals surface area (Å²) in [5.41, 5.74) is 1.14. The Balaban J connectivity index is 1.70. The van der Waals surface area contributed by atoms with Crippen LogP contribution >= 0.6 is 0 Å². The summed E-state index contributed by atoms with van der Waals surface area (Å²) in [5, 5.41) is 0. The monoisotopic (exact) mass is 290 g/mol. The Morgan fingerprint density at radius 2 is 1.95 bits per heavy atom. The van der Waals surface area contributed by atoms with Crippen molar-refractivity contribution in [2.24, 2.45) is 0 Å². The van der Waals surface area contributed by atoms with Gasteiger partial charge >= 0.3 is 0 Å². The summed E-state index contributed by atoms with van der Waals surface area (Å²) in [6.07, 6.45) is 4.81. The van der Waals surface area contributed by atoms with Gasteiger partial charge in [0.25, 0.3) is 5.91 Å². The molecule has 1 aromatic carbocycles. The van der Waals surface area contributed by atoms with Crippen molar-refractivity contribution in [2.45, 2.75) is 38.6 Å². The molecule has 2 heterocycles. The van der Waals surface area contributed by atoms with Crippen molar-refractivity contribution in [3.63, 3.8) is 0 Å². The van der Waals surface area contributed by atoms with Crippen molar-refractivity contribution in [1.82, 2.24) is 9.80 Å². The van der Waals surface area contributed by atoms with Gasteiger partial charge in [-0.15, -0.1) is 0 Å². The fraction of sp³-hybridized carbons (Fsp3) is 0.588. The van der Waals surface area contributed by atoms with Gasteiger partial charge in [-0.2, -0.15) is 0 Å². The molecule has 0 radical (unpaired) electrons. The molecule has 1 atom stereocenters. The predicted octanol–water partition coefficient (Wildman–Crippen LogP) is 2.83. The minimum absolute atomic E-state index is 0.0435. The Morgan fingerprint density at radius 1 is 1.19 bits per heavy atom. The highest BCUT2D eigenvalue weighted by Gasteiger charge is 2.29. The van der Waals surface area contributed by atoms with Crippen LogP contribution in [-0.2, 0) is 0 Å². The second kappa shape index (κ2) is 6.14. The van der Waals surface area contributed by atoms with Crippen LogP contribution in [-0.4, -0.2) is 47.9 Å². The summed E-state index contributed by atoms with van der Waals surface area (Å²) >= 11 is 0. The van der Waals surface area contributed by atoms with Crippen molar-refractivity contribution in [3.05, 3.63) is 35.1 Å². The van der Waals surface area contributed by atoms with Gasteiger partial charge in [-0.05, 0) is 69.5 Å². The maximum Gasteiger partial charge on any atom is 0.253 e. The number of piperidine rings is 1. The van der Waals surface area contributed by atoms with E-state index in [9.17, 15) is 9.18 Å². The molecular formula is C17H23FN2O. The molecule has 3 nitrogen and oxygen atoms in total. The molecule has 2 fully saturated rings. The average Bonchev–Trinajstić information content (AvgIpc) is 3.04. The zero-order valence-electron chi connectivity index (χ0n) is 12.6. The number of likely N-dealkylation sites (tertiary alicyclic amines) is 2. The van der Waals surface area contributed by atoms with Gasteiger partial charge < -0.3 is 4.90 Å². The third-order valence-corrected chi connectivity index (χ3v) is 4.75. The van der Waals surface area contributed by atoms with Crippen molar-refractivity contribution in [2.75, 3.05) is 26.2 Å². The summed E-state index contributed by atoms with van der Waals surface area (Å²) in [6.45, 7) is 5.68. The van der Waals surface area contributed by atoms with Crippen LogP contribution in [0.1, 0.15) is 41.6 Å². The number of hydrogen-bond acceptors (Lipinski definition) is 2. The molecule has 2 aliphatic heterocycles. The van der Waals surface area contributed by atoms with E-state index in [1.165, 1.54) is 38.4 Å². The molecule has 21 heavy (non-hydrogen) atoms. The van der Waals surface area contributed by atoms with Crippen LogP contribution in [0.15, 0.2) is 18.2 Å².